The highest BCUT2D eigenvalue weighted by molar-refractivity contribution is 5.92. The van der Waals surface area contributed by atoms with Crippen molar-refractivity contribution in [1.82, 2.24) is 4.98 Å². The molecular formula is C25H25F3N4O. The van der Waals surface area contributed by atoms with Crippen molar-refractivity contribution in [2.24, 2.45) is 5.73 Å². The maximum absolute atomic E-state index is 13.0. The Hall–Kier alpha value is -3.55. The summed E-state index contributed by atoms with van der Waals surface area (Å²) in [7, 11) is 0. The van der Waals surface area contributed by atoms with Crippen LogP contribution in [0, 0.1) is 6.92 Å². The smallest absolute Gasteiger partial charge is 0.366 e. The number of primary amides is 1. The van der Waals surface area contributed by atoms with Crippen molar-refractivity contribution < 1.29 is 18.0 Å². The minimum atomic E-state index is -4.35. The molecule has 172 valence electrons. The lowest BCUT2D eigenvalue weighted by Crippen LogP contribution is -2.52. The quantitative estimate of drug-likeness (QED) is 0.610. The van der Waals surface area contributed by atoms with Gasteiger partial charge in [0, 0.05) is 37.6 Å². The van der Waals surface area contributed by atoms with E-state index in [2.05, 4.69) is 21.7 Å². The number of aryl methyl sites for hydroxylation is 1. The number of anilines is 2. The van der Waals surface area contributed by atoms with Crippen LogP contribution in [0.1, 0.15) is 28.4 Å². The number of pyridine rings is 1. The predicted molar refractivity (Wildman–Crippen MR) is 123 cm³/mol. The number of benzene rings is 2. The first kappa shape index (κ1) is 22.6. The van der Waals surface area contributed by atoms with Crippen molar-refractivity contribution in [3.8, 4) is 11.1 Å². The summed E-state index contributed by atoms with van der Waals surface area (Å²) in [6.07, 6.45) is -2.86. The van der Waals surface area contributed by atoms with Gasteiger partial charge < -0.3 is 15.5 Å². The summed E-state index contributed by atoms with van der Waals surface area (Å²) in [5.74, 6) is 0.288. The highest BCUT2D eigenvalue weighted by Gasteiger charge is 2.31. The van der Waals surface area contributed by atoms with E-state index in [1.165, 1.54) is 12.3 Å². The largest absolute Gasteiger partial charge is 0.416 e. The van der Waals surface area contributed by atoms with Crippen LogP contribution in [0.5, 0.6) is 0 Å². The molecule has 0 spiro atoms. The second kappa shape index (κ2) is 8.77. The maximum atomic E-state index is 13.0. The van der Waals surface area contributed by atoms with Crippen LogP contribution in [0.4, 0.5) is 24.7 Å². The van der Waals surface area contributed by atoms with E-state index in [4.69, 9.17) is 5.73 Å². The molecule has 3 aromatic rings. The SMILES string of the molecule is Cc1cc(C(F)(F)F)ccc1-c1cccc(N2CCN(c3ccc(C(N)=O)cn3)CC2C)c1. The molecule has 1 aliphatic rings. The molecule has 2 aromatic carbocycles. The normalized spacial score (nSPS) is 16.7. The van der Waals surface area contributed by atoms with Crippen LogP contribution in [0.2, 0.25) is 0 Å². The lowest BCUT2D eigenvalue weighted by molar-refractivity contribution is -0.137. The number of nitrogens with two attached hydrogens (primary N) is 1. The molecule has 2 N–H and O–H groups in total. The molecule has 5 nitrogen and oxygen atoms in total. The Labute approximate surface area is 190 Å². The van der Waals surface area contributed by atoms with E-state index in [9.17, 15) is 18.0 Å². The molecule has 1 aliphatic heterocycles. The number of piperazine rings is 1. The van der Waals surface area contributed by atoms with Gasteiger partial charge in [-0.05, 0) is 66.9 Å². The Balaban J connectivity index is 1.52. The molecule has 0 aliphatic carbocycles. The number of halogens is 3. The van der Waals surface area contributed by atoms with Crippen molar-refractivity contribution in [3.63, 3.8) is 0 Å². The molecule has 1 saturated heterocycles. The maximum Gasteiger partial charge on any atom is 0.416 e. The summed E-state index contributed by atoms with van der Waals surface area (Å²) >= 11 is 0. The zero-order valence-corrected chi connectivity index (χ0v) is 18.4. The van der Waals surface area contributed by atoms with E-state index >= 15 is 0 Å². The summed E-state index contributed by atoms with van der Waals surface area (Å²) in [5, 5.41) is 0. The molecule has 0 saturated carbocycles. The van der Waals surface area contributed by atoms with Gasteiger partial charge in [-0.2, -0.15) is 13.2 Å². The van der Waals surface area contributed by atoms with Crippen LogP contribution in [0.25, 0.3) is 11.1 Å². The Bertz CT molecular complexity index is 1160. The first-order valence-corrected chi connectivity index (χ1v) is 10.7. The Morgan fingerprint density at radius 1 is 1.09 bits per heavy atom. The topological polar surface area (TPSA) is 62.5 Å². The number of amides is 1. The first-order chi connectivity index (χ1) is 15.6. The van der Waals surface area contributed by atoms with E-state index in [1.807, 2.05) is 24.3 Å². The molecule has 1 unspecified atom stereocenters. The molecule has 1 fully saturated rings. The number of hydrogen-bond acceptors (Lipinski definition) is 4. The van der Waals surface area contributed by atoms with Gasteiger partial charge in [-0.1, -0.05) is 18.2 Å². The van der Waals surface area contributed by atoms with E-state index in [1.54, 1.807) is 25.1 Å². The van der Waals surface area contributed by atoms with Crippen LogP contribution in [-0.4, -0.2) is 36.6 Å². The van der Waals surface area contributed by atoms with Gasteiger partial charge in [-0.3, -0.25) is 4.79 Å². The molecule has 0 radical (unpaired) electrons. The van der Waals surface area contributed by atoms with Crippen LogP contribution < -0.4 is 15.5 Å². The summed E-state index contributed by atoms with van der Waals surface area (Å²) in [6.45, 7) is 6.08. The third-order valence-corrected chi connectivity index (χ3v) is 6.03. The molecule has 1 amide bonds. The first-order valence-electron chi connectivity index (χ1n) is 10.7. The van der Waals surface area contributed by atoms with Crippen molar-refractivity contribution in [2.45, 2.75) is 26.1 Å². The highest BCUT2D eigenvalue weighted by atomic mass is 19.4. The van der Waals surface area contributed by atoms with Gasteiger partial charge >= 0.3 is 6.18 Å². The van der Waals surface area contributed by atoms with E-state index in [-0.39, 0.29) is 6.04 Å². The van der Waals surface area contributed by atoms with Crippen molar-refractivity contribution in [3.05, 3.63) is 77.5 Å². The van der Waals surface area contributed by atoms with E-state index in [0.29, 0.717) is 11.1 Å². The van der Waals surface area contributed by atoms with Crippen LogP contribution >= 0.6 is 0 Å². The minimum absolute atomic E-state index is 0.181. The molecule has 0 bridgehead atoms. The lowest BCUT2D eigenvalue weighted by Gasteiger charge is -2.42. The zero-order chi connectivity index (χ0) is 23.8. The van der Waals surface area contributed by atoms with E-state index in [0.717, 1.165) is 48.3 Å². The van der Waals surface area contributed by atoms with Gasteiger partial charge in [0.15, 0.2) is 0 Å². The number of carbonyl (C=O) groups is 1. The second-order valence-electron chi connectivity index (χ2n) is 8.34. The van der Waals surface area contributed by atoms with Gasteiger partial charge in [0.2, 0.25) is 5.91 Å². The number of carbonyl (C=O) groups excluding carboxylic acids is 1. The van der Waals surface area contributed by atoms with Crippen molar-refractivity contribution in [2.75, 3.05) is 29.4 Å². The molecule has 2 heterocycles. The van der Waals surface area contributed by atoms with Crippen LogP contribution in [0.3, 0.4) is 0 Å². The monoisotopic (exact) mass is 454 g/mol. The number of rotatable bonds is 4. The van der Waals surface area contributed by atoms with E-state index < -0.39 is 17.6 Å². The fourth-order valence-electron chi connectivity index (χ4n) is 4.28. The number of nitrogens with zero attached hydrogens (tertiary/aromatic N) is 3. The van der Waals surface area contributed by atoms with Gasteiger partial charge in [0.1, 0.15) is 5.82 Å². The summed E-state index contributed by atoms with van der Waals surface area (Å²) in [6, 6.07) is 15.4. The zero-order valence-electron chi connectivity index (χ0n) is 18.4. The highest BCUT2D eigenvalue weighted by Crippen LogP contribution is 2.34. The number of alkyl halides is 3. The summed E-state index contributed by atoms with van der Waals surface area (Å²) in [5.41, 5.74) is 8.31. The van der Waals surface area contributed by atoms with Crippen molar-refractivity contribution >= 4 is 17.4 Å². The number of aromatic nitrogens is 1. The second-order valence-corrected chi connectivity index (χ2v) is 8.34. The number of hydrogen-bond donors (Lipinski definition) is 1. The standard InChI is InChI=1S/C25H25F3N4O/c1-16-12-20(25(26,27)28)7-8-22(16)18-4-3-5-21(13-18)32-11-10-31(15-17(32)2)23-9-6-19(14-30-23)24(29)33/h3-9,12-14,17H,10-11,15H2,1-2H3,(H2,29,33). The average molecular weight is 454 g/mol. The Kier molecular flexibility index (Phi) is 6.01. The summed E-state index contributed by atoms with van der Waals surface area (Å²) in [4.78, 5) is 20.1. The average Bonchev–Trinajstić information content (AvgIpc) is 2.78. The lowest BCUT2D eigenvalue weighted by atomic mass is 9.97. The minimum Gasteiger partial charge on any atom is -0.366 e. The van der Waals surface area contributed by atoms with Crippen LogP contribution in [-0.2, 0) is 6.18 Å². The summed E-state index contributed by atoms with van der Waals surface area (Å²) < 4.78 is 39.1. The third kappa shape index (κ3) is 4.79. The molecular weight excluding hydrogens is 429 g/mol. The molecule has 1 aromatic heterocycles. The fraction of sp³-hybridized carbons (Fsp3) is 0.280. The predicted octanol–water partition coefficient (Wildman–Crippen LogP) is 4.89. The van der Waals surface area contributed by atoms with Crippen molar-refractivity contribution in [1.29, 1.82) is 0 Å². The Morgan fingerprint density at radius 3 is 2.48 bits per heavy atom. The molecule has 8 heteroatoms. The van der Waals surface area contributed by atoms with Crippen LogP contribution in [0.15, 0.2) is 60.8 Å². The van der Waals surface area contributed by atoms with Gasteiger partial charge in [0.05, 0.1) is 11.1 Å². The fourth-order valence-corrected chi connectivity index (χ4v) is 4.28. The third-order valence-electron chi connectivity index (χ3n) is 6.03. The van der Waals surface area contributed by atoms with Gasteiger partial charge in [-0.15, -0.1) is 0 Å². The van der Waals surface area contributed by atoms with Gasteiger partial charge in [0.25, 0.3) is 0 Å². The molecule has 1 atom stereocenters. The van der Waals surface area contributed by atoms with Gasteiger partial charge in [-0.25, -0.2) is 4.98 Å². The Morgan fingerprint density at radius 2 is 1.88 bits per heavy atom. The molecule has 33 heavy (non-hydrogen) atoms. The molecule has 4 rings (SSSR count).